The zero-order valence-corrected chi connectivity index (χ0v) is 30.9. The van der Waals surface area contributed by atoms with Crippen LogP contribution in [-0.4, -0.2) is 30.4 Å². The Balaban J connectivity index is 1.33. The molecule has 0 heterocycles. The van der Waals surface area contributed by atoms with Gasteiger partial charge in [-0.15, -0.1) is 0 Å². The summed E-state index contributed by atoms with van der Waals surface area (Å²) in [6.07, 6.45) is 9.21. The summed E-state index contributed by atoms with van der Waals surface area (Å²) in [4.78, 5) is 39.2. The van der Waals surface area contributed by atoms with E-state index in [2.05, 4.69) is 77.1 Å². The second-order valence-electron chi connectivity index (χ2n) is 16.1. The summed E-state index contributed by atoms with van der Waals surface area (Å²) in [5, 5.41) is 0. The summed E-state index contributed by atoms with van der Waals surface area (Å²) in [5.74, 6) is 3.24. The van der Waals surface area contributed by atoms with Crippen molar-refractivity contribution in [3.05, 3.63) is 45.0 Å². The van der Waals surface area contributed by atoms with Crippen LogP contribution in [0.1, 0.15) is 117 Å². The lowest BCUT2D eigenvalue weighted by Crippen LogP contribution is -2.48. The van der Waals surface area contributed by atoms with Gasteiger partial charge in [-0.1, -0.05) is 53.2 Å². The number of rotatable bonds is 10. The first-order valence-corrected chi connectivity index (χ1v) is 18.5. The molecule has 45 heavy (non-hydrogen) atoms. The van der Waals surface area contributed by atoms with Crippen LogP contribution in [0.5, 0.6) is 0 Å². The number of fused-ring (bicyclic) bond motifs is 1. The minimum absolute atomic E-state index is 0.0238. The fraction of sp³-hybridized carbons (Fsp3) is 0.718. The van der Waals surface area contributed by atoms with Gasteiger partial charge in [0.1, 0.15) is 11.9 Å². The number of carbonyl (C=O) groups excluding carboxylic acids is 3. The van der Waals surface area contributed by atoms with Gasteiger partial charge >= 0.3 is 11.9 Å². The van der Waals surface area contributed by atoms with Crippen LogP contribution >= 0.6 is 22.6 Å². The Bertz CT molecular complexity index is 1320. The fourth-order valence-electron chi connectivity index (χ4n) is 10.2. The minimum Gasteiger partial charge on any atom is -0.466 e. The van der Waals surface area contributed by atoms with Crippen LogP contribution in [-0.2, 0) is 19.1 Å². The van der Waals surface area contributed by atoms with Gasteiger partial charge in [-0.05, 0) is 145 Å². The van der Waals surface area contributed by atoms with Crippen molar-refractivity contribution in [1.82, 2.24) is 0 Å². The lowest BCUT2D eigenvalue weighted by Gasteiger charge is -2.48. The van der Waals surface area contributed by atoms with E-state index in [-0.39, 0.29) is 35.3 Å². The highest BCUT2D eigenvalue weighted by atomic mass is 127. The Morgan fingerprint density at radius 3 is 2.33 bits per heavy atom. The average Bonchev–Trinajstić information content (AvgIpc) is 3.57. The van der Waals surface area contributed by atoms with E-state index in [4.69, 9.17) is 9.47 Å². The third-order valence-electron chi connectivity index (χ3n) is 13.5. The van der Waals surface area contributed by atoms with Crippen molar-refractivity contribution >= 4 is 40.3 Å². The number of ketones is 1. The number of hydrogen-bond acceptors (Lipinski definition) is 5. The maximum Gasteiger partial charge on any atom is 0.338 e. The Labute approximate surface area is 285 Å². The third kappa shape index (κ3) is 6.56. The molecule has 1 aromatic carbocycles. The van der Waals surface area contributed by atoms with Crippen molar-refractivity contribution in [3.8, 4) is 0 Å². The number of benzene rings is 1. The SMILES string of the molecule is CC(=O)OCCC1(C)C(C2CC=C3CC(OC(=O)c4ccc(I)cc4)CCC3(C)C2=O)CCC1C(C)C1CC1(C)C(C)C(C)C. The number of halogens is 1. The standard InChI is InChI=1S/C39H55IO5/c1-23(2)25(4)39(8)22-34(39)24(3)32-15-16-33(38(32,7)19-20-44-26(5)41)31-14-11-28-21-30(17-18-37(28,6)35(31)42)45-36(43)27-9-12-29(40)13-10-27/h9-13,23-25,30-34H,14-22H2,1-8H3. The molecule has 0 spiro atoms. The molecular weight excluding hydrogens is 675 g/mol. The highest BCUT2D eigenvalue weighted by Crippen LogP contribution is 2.68. The van der Waals surface area contributed by atoms with E-state index in [1.807, 2.05) is 24.3 Å². The van der Waals surface area contributed by atoms with Crippen LogP contribution in [0.2, 0.25) is 0 Å². The quantitative estimate of drug-likeness (QED) is 0.136. The van der Waals surface area contributed by atoms with E-state index in [1.165, 1.54) is 13.3 Å². The van der Waals surface area contributed by atoms with Crippen LogP contribution in [0.4, 0.5) is 0 Å². The predicted molar refractivity (Wildman–Crippen MR) is 186 cm³/mol. The number of ether oxygens (including phenoxy) is 2. The number of Topliss-reactive ketones (excluding diaryl/α,β-unsaturated/α-hetero) is 1. The lowest BCUT2D eigenvalue weighted by atomic mass is 9.55. The minimum atomic E-state index is -0.503. The first-order chi connectivity index (χ1) is 21.1. The van der Waals surface area contributed by atoms with Crippen molar-refractivity contribution in [2.45, 2.75) is 113 Å². The van der Waals surface area contributed by atoms with E-state index in [9.17, 15) is 14.4 Å². The maximum absolute atomic E-state index is 14.6. The van der Waals surface area contributed by atoms with E-state index >= 15 is 0 Å². The van der Waals surface area contributed by atoms with Crippen molar-refractivity contribution in [2.24, 2.45) is 57.7 Å². The zero-order valence-electron chi connectivity index (χ0n) is 28.8. The number of allylic oxidation sites excluding steroid dienone is 1. The molecule has 0 bridgehead atoms. The van der Waals surface area contributed by atoms with Gasteiger partial charge < -0.3 is 9.47 Å². The highest BCUT2D eigenvalue weighted by molar-refractivity contribution is 14.1. The van der Waals surface area contributed by atoms with Gasteiger partial charge in [0.2, 0.25) is 0 Å². The third-order valence-corrected chi connectivity index (χ3v) is 14.3. The van der Waals surface area contributed by atoms with Gasteiger partial charge in [0, 0.05) is 28.2 Å². The van der Waals surface area contributed by atoms with Gasteiger partial charge in [-0.3, -0.25) is 9.59 Å². The molecule has 0 aliphatic heterocycles. The molecule has 4 aliphatic rings. The lowest BCUT2D eigenvalue weighted by molar-refractivity contribution is -0.143. The fourth-order valence-corrected chi connectivity index (χ4v) is 10.5. The summed E-state index contributed by atoms with van der Waals surface area (Å²) in [5.41, 5.74) is 1.53. The van der Waals surface area contributed by atoms with Crippen molar-refractivity contribution in [3.63, 3.8) is 0 Å². The van der Waals surface area contributed by atoms with Gasteiger partial charge in [0.25, 0.3) is 0 Å². The molecule has 0 aromatic heterocycles. The van der Waals surface area contributed by atoms with Crippen molar-refractivity contribution in [1.29, 1.82) is 0 Å². The van der Waals surface area contributed by atoms with Crippen LogP contribution < -0.4 is 0 Å². The zero-order chi connectivity index (χ0) is 32.9. The highest BCUT2D eigenvalue weighted by Gasteiger charge is 2.62. The van der Waals surface area contributed by atoms with Crippen LogP contribution in [0.3, 0.4) is 0 Å². The van der Waals surface area contributed by atoms with Crippen LogP contribution in [0.15, 0.2) is 35.9 Å². The monoisotopic (exact) mass is 730 g/mol. The van der Waals surface area contributed by atoms with E-state index in [0.29, 0.717) is 72.2 Å². The summed E-state index contributed by atoms with van der Waals surface area (Å²) >= 11 is 2.23. The van der Waals surface area contributed by atoms with E-state index in [0.717, 1.165) is 34.8 Å². The summed E-state index contributed by atoms with van der Waals surface area (Å²) in [6.45, 7) is 18.6. The molecule has 0 N–H and O–H groups in total. The molecule has 3 saturated carbocycles. The number of esters is 2. The maximum atomic E-state index is 14.6. The van der Waals surface area contributed by atoms with Crippen LogP contribution in [0.25, 0.3) is 0 Å². The smallest absolute Gasteiger partial charge is 0.338 e. The second-order valence-corrected chi connectivity index (χ2v) is 17.4. The van der Waals surface area contributed by atoms with Gasteiger partial charge in [0.15, 0.2) is 0 Å². The molecule has 1 aromatic rings. The predicted octanol–water partition coefficient (Wildman–Crippen LogP) is 9.46. The number of carbonyl (C=O) groups is 3. The summed E-state index contributed by atoms with van der Waals surface area (Å²) in [7, 11) is 0. The molecule has 5 nitrogen and oxygen atoms in total. The molecule has 0 radical (unpaired) electrons. The van der Waals surface area contributed by atoms with E-state index < -0.39 is 5.41 Å². The van der Waals surface area contributed by atoms with Gasteiger partial charge in [0.05, 0.1) is 12.2 Å². The van der Waals surface area contributed by atoms with Gasteiger partial charge in [-0.2, -0.15) is 0 Å². The Hall–Kier alpha value is -1.70. The molecule has 4 aliphatic carbocycles. The average molecular weight is 731 g/mol. The molecule has 10 unspecified atom stereocenters. The first-order valence-electron chi connectivity index (χ1n) is 17.5. The molecule has 0 amide bonds. The van der Waals surface area contributed by atoms with Crippen molar-refractivity contribution in [2.75, 3.05) is 6.61 Å². The second kappa shape index (κ2) is 13.1. The first kappa shape index (κ1) is 34.6. The molecule has 6 heteroatoms. The summed E-state index contributed by atoms with van der Waals surface area (Å²) in [6, 6.07) is 7.46. The Morgan fingerprint density at radius 1 is 1.00 bits per heavy atom. The molecule has 3 fully saturated rings. The molecular formula is C39H55IO5. The Morgan fingerprint density at radius 2 is 1.69 bits per heavy atom. The molecule has 248 valence electrons. The summed E-state index contributed by atoms with van der Waals surface area (Å²) < 4.78 is 12.6. The van der Waals surface area contributed by atoms with E-state index in [1.54, 1.807) is 0 Å². The number of hydrogen-bond donors (Lipinski definition) is 0. The topological polar surface area (TPSA) is 69.7 Å². The largest absolute Gasteiger partial charge is 0.466 e. The molecule has 10 atom stereocenters. The van der Waals surface area contributed by atoms with Gasteiger partial charge in [-0.25, -0.2) is 4.79 Å². The molecule has 0 saturated heterocycles. The Kier molecular flexibility index (Phi) is 10.1. The molecule has 5 rings (SSSR count). The normalized spacial score (nSPS) is 37.4. The van der Waals surface area contributed by atoms with Crippen LogP contribution in [0, 0.1) is 61.2 Å². The van der Waals surface area contributed by atoms with Crippen molar-refractivity contribution < 1.29 is 23.9 Å².